The van der Waals surface area contributed by atoms with Crippen molar-refractivity contribution in [3.63, 3.8) is 0 Å². The summed E-state index contributed by atoms with van der Waals surface area (Å²) >= 11 is 0. The number of rotatable bonds is 4. The van der Waals surface area contributed by atoms with E-state index < -0.39 is 0 Å². The first-order chi connectivity index (χ1) is 12.1. The fraction of sp³-hybridized carbons (Fsp3) is 0.842. The maximum Gasteiger partial charge on any atom is 0.228 e. The van der Waals surface area contributed by atoms with Gasteiger partial charge in [0.1, 0.15) is 11.6 Å². The summed E-state index contributed by atoms with van der Waals surface area (Å²) in [5, 5.41) is 9.01. The minimum atomic E-state index is -0.0683. The second-order valence-corrected chi connectivity index (χ2v) is 8.52. The molecule has 1 atom stereocenters. The molecule has 6 heteroatoms. The fourth-order valence-corrected chi connectivity index (χ4v) is 4.34. The molecule has 0 bridgehead atoms. The molecular formula is C19H31N5O. The van der Waals surface area contributed by atoms with Gasteiger partial charge in [0.2, 0.25) is 5.91 Å². The number of carbonyl (C=O) groups excluding carboxylic acids is 1. The highest BCUT2D eigenvalue weighted by molar-refractivity contribution is 5.85. The highest BCUT2D eigenvalue weighted by atomic mass is 16.2. The molecule has 1 aliphatic carbocycles. The number of nitrogens with zero attached hydrogens (tertiary/aromatic N) is 5. The highest BCUT2D eigenvalue weighted by Crippen LogP contribution is 2.47. The summed E-state index contributed by atoms with van der Waals surface area (Å²) in [6, 6.07) is 0. The lowest BCUT2D eigenvalue weighted by Gasteiger charge is -2.34. The number of hydrogen-bond acceptors (Lipinski definition) is 4. The van der Waals surface area contributed by atoms with Crippen molar-refractivity contribution in [3.8, 4) is 0 Å². The monoisotopic (exact) mass is 345 g/mol. The van der Waals surface area contributed by atoms with Crippen molar-refractivity contribution in [1.82, 2.24) is 24.6 Å². The summed E-state index contributed by atoms with van der Waals surface area (Å²) in [7, 11) is 2.09. The lowest BCUT2D eigenvalue weighted by atomic mass is 9.95. The third-order valence-corrected chi connectivity index (χ3v) is 6.40. The standard InChI is InChI=1S/C19H31N5O/c1-19(8-9-19)18(25)24-12-6-7-15(13-24)17-21-20-16(22(17)2)14-23-10-4-3-5-11-23/h15H,3-14H2,1-2H3/t15-/m0/s1. The van der Waals surface area contributed by atoms with E-state index in [0.29, 0.717) is 11.8 Å². The number of aromatic nitrogens is 3. The van der Waals surface area contributed by atoms with Gasteiger partial charge < -0.3 is 9.47 Å². The Morgan fingerprint density at radius 3 is 2.60 bits per heavy atom. The van der Waals surface area contributed by atoms with Gasteiger partial charge in [-0.05, 0) is 51.6 Å². The van der Waals surface area contributed by atoms with Crippen LogP contribution >= 0.6 is 0 Å². The third kappa shape index (κ3) is 3.46. The zero-order valence-corrected chi connectivity index (χ0v) is 15.7. The lowest BCUT2D eigenvalue weighted by molar-refractivity contribution is -0.137. The molecule has 3 heterocycles. The van der Waals surface area contributed by atoms with Gasteiger partial charge in [-0.15, -0.1) is 10.2 Å². The van der Waals surface area contributed by atoms with Crippen molar-refractivity contribution in [3.05, 3.63) is 11.6 Å². The van der Waals surface area contributed by atoms with E-state index in [1.54, 1.807) is 0 Å². The Bertz CT molecular complexity index is 630. The summed E-state index contributed by atoms with van der Waals surface area (Å²) < 4.78 is 2.19. The van der Waals surface area contributed by atoms with Crippen LogP contribution in [-0.2, 0) is 18.4 Å². The molecule has 25 heavy (non-hydrogen) atoms. The van der Waals surface area contributed by atoms with Gasteiger partial charge in [-0.25, -0.2) is 0 Å². The minimum absolute atomic E-state index is 0.0683. The van der Waals surface area contributed by atoms with Crippen LogP contribution in [0.15, 0.2) is 0 Å². The smallest absolute Gasteiger partial charge is 0.228 e. The Kier molecular flexibility index (Phi) is 4.56. The molecule has 2 aliphatic heterocycles. The molecule has 1 saturated carbocycles. The van der Waals surface area contributed by atoms with E-state index in [4.69, 9.17) is 0 Å². The number of piperidine rings is 2. The van der Waals surface area contributed by atoms with Gasteiger partial charge in [0.05, 0.1) is 6.54 Å². The van der Waals surface area contributed by atoms with Gasteiger partial charge in [-0.1, -0.05) is 13.3 Å². The Balaban J connectivity index is 1.43. The Hall–Kier alpha value is -1.43. The maximum absolute atomic E-state index is 12.7. The molecule has 0 N–H and O–H groups in total. The molecular weight excluding hydrogens is 314 g/mol. The quantitative estimate of drug-likeness (QED) is 0.840. The van der Waals surface area contributed by atoms with E-state index >= 15 is 0 Å². The van der Waals surface area contributed by atoms with Crippen LogP contribution in [0.1, 0.15) is 69.4 Å². The molecule has 4 rings (SSSR count). The molecule has 1 amide bonds. The highest BCUT2D eigenvalue weighted by Gasteiger charge is 2.47. The van der Waals surface area contributed by atoms with Gasteiger partial charge in [0.15, 0.2) is 0 Å². The van der Waals surface area contributed by atoms with Crippen LogP contribution in [0.5, 0.6) is 0 Å². The SMILES string of the molecule is Cn1c(CN2CCCCC2)nnc1[C@H]1CCCN(C(=O)C2(C)CC2)C1. The molecule has 0 radical (unpaired) electrons. The van der Waals surface area contributed by atoms with E-state index in [1.165, 1.54) is 32.4 Å². The van der Waals surface area contributed by atoms with Crippen molar-refractivity contribution in [2.75, 3.05) is 26.2 Å². The molecule has 6 nitrogen and oxygen atoms in total. The summed E-state index contributed by atoms with van der Waals surface area (Å²) in [5.41, 5.74) is -0.0683. The van der Waals surface area contributed by atoms with Crippen LogP contribution in [0.2, 0.25) is 0 Å². The van der Waals surface area contributed by atoms with E-state index in [1.807, 2.05) is 0 Å². The third-order valence-electron chi connectivity index (χ3n) is 6.40. The van der Waals surface area contributed by atoms with Gasteiger partial charge in [-0.3, -0.25) is 9.69 Å². The number of likely N-dealkylation sites (tertiary alicyclic amines) is 2. The molecule has 0 unspecified atom stereocenters. The van der Waals surface area contributed by atoms with E-state index in [0.717, 1.165) is 57.0 Å². The first kappa shape index (κ1) is 17.0. The van der Waals surface area contributed by atoms with E-state index in [2.05, 4.69) is 38.5 Å². The van der Waals surface area contributed by atoms with Crippen molar-refractivity contribution in [2.45, 2.75) is 64.3 Å². The zero-order chi connectivity index (χ0) is 17.4. The van der Waals surface area contributed by atoms with Gasteiger partial charge >= 0.3 is 0 Å². The van der Waals surface area contributed by atoms with Crippen molar-refractivity contribution >= 4 is 5.91 Å². The average Bonchev–Trinajstić information content (AvgIpc) is 3.30. The number of amides is 1. The predicted molar refractivity (Wildman–Crippen MR) is 96.0 cm³/mol. The first-order valence-corrected chi connectivity index (χ1v) is 9.97. The molecule has 3 fully saturated rings. The number of hydrogen-bond donors (Lipinski definition) is 0. The molecule has 3 aliphatic rings. The van der Waals surface area contributed by atoms with Crippen molar-refractivity contribution < 1.29 is 4.79 Å². The second kappa shape index (κ2) is 6.71. The molecule has 0 aromatic carbocycles. The largest absolute Gasteiger partial charge is 0.341 e. The van der Waals surface area contributed by atoms with E-state index in [-0.39, 0.29) is 5.41 Å². The molecule has 0 spiro atoms. The molecule has 1 aromatic rings. The Morgan fingerprint density at radius 1 is 1.12 bits per heavy atom. The fourth-order valence-electron chi connectivity index (χ4n) is 4.34. The van der Waals surface area contributed by atoms with Crippen LogP contribution in [0, 0.1) is 5.41 Å². The maximum atomic E-state index is 12.7. The van der Waals surface area contributed by atoms with Gasteiger partial charge in [0.25, 0.3) is 0 Å². The zero-order valence-electron chi connectivity index (χ0n) is 15.7. The summed E-state index contributed by atoms with van der Waals surface area (Å²) in [4.78, 5) is 17.3. The predicted octanol–water partition coefficient (Wildman–Crippen LogP) is 2.31. The average molecular weight is 345 g/mol. The first-order valence-electron chi connectivity index (χ1n) is 9.97. The number of carbonyl (C=O) groups is 1. The molecule has 138 valence electrons. The second-order valence-electron chi connectivity index (χ2n) is 8.52. The summed E-state index contributed by atoms with van der Waals surface area (Å²) in [5.74, 6) is 2.81. The molecule has 1 aromatic heterocycles. The van der Waals surface area contributed by atoms with E-state index in [9.17, 15) is 4.79 Å². The Morgan fingerprint density at radius 2 is 1.88 bits per heavy atom. The van der Waals surface area contributed by atoms with Crippen LogP contribution in [0.25, 0.3) is 0 Å². The van der Waals surface area contributed by atoms with Crippen molar-refractivity contribution in [1.29, 1.82) is 0 Å². The van der Waals surface area contributed by atoms with Crippen LogP contribution in [-0.4, -0.2) is 56.7 Å². The van der Waals surface area contributed by atoms with Crippen molar-refractivity contribution in [2.24, 2.45) is 12.5 Å². The summed E-state index contributed by atoms with van der Waals surface area (Å²) in [6.45, 7) is 7.07. The van der Waals surface area contributed by atoms with Gasteiger partial charge in [-0.2, -0.15) is 0 Å². The molecule has 2 saturated heterocycles. The van der Waals surface area contributed by atoms with Crippen LogP contribution < -0.4 is 0 Å². The summed E-state index contributed by atoms with van der Waals surface area (Å²) in [6.07, 6.45) is 8.22. The lowest BCUT2D eigenvalue weighted by Crippen LogP contribution is -2.43. The van der Waals surface area contributed by atoms with Crippen LogP contribution in [0.3, 0.4) is 0 Å². The minimum Gasteiger partial charge on any atom is -0.341 e. The van der Waals surface area contributed by atoms with Crippen LogP contribution in [0.4, 0.5) is 0 Å². The normalized spacial score (nSPS) is 26.6. The van der Waals surface area contributed by atoms with Gasteiger partial charge in [0, 0.05) is 31.5 Å². The Labute approximate surface area is 150 Å². The topological polar surface area (TPSA) is 54.3 Å².